The minimum absolute atomic E-state index is 0.180. The van der Waals surface area contributed by atoms with Crippen molar-refractivity contribution in [3.8, 4) is 5.75 Å². The van der Waals surface area contributed by atoms with Gasteiger partial charge in [-0.3, -0.25) is 9.48 Å². The normalized spacial score (nSPS) is 12.7. The van der Waals surface area contributed by atoms with Gasteiger partial charge >= 0.3 is 12.1 Å². The highest BCUT2D eigenvalue weighted by molar-refractivity contribution is 5.80. The summed E-state index contributed by atoms with van der Waals surface area (Å²) in [6.07, 6.45) is -2.07. The molecule has 0 spiro atoms. The number of hydrogen-bond acceptors (Lipinski definition) is 4. The van der Waals surface area contributed by atoms with Crippen LogP contribution in [0.2, 0.25) is 0 Å². The summed E-state index contributed by atoms with van der Waals surface area (Å²) >= 11 is 0. The highest BCUT2D eigenvalue weighted by Crippen LogP contribution is 2.31. The molecule has 0 atom stereocenters. The second kappa shape index (κ2) is 8.07. The zero-order valence-corrected chi connectivity index (χ0v) is 14.5. The monoisotopic (exact) mass is 368 g/mol. The molecule has 26 heavy (non-hydrogen) atoms. The summed E-state index contributed by atoms with van der Waals surface area (Å²) in [5.41, 5.74) is -0.189. The summed E-state index contributed by atoms with van der Waals surface area (Å²) < 4.78 is 50.4. The largest absolute Gasteiger partial charge is 0.466 e. The van der Waals surface area contributed by atoms with Gasteiger partial charge in [-0.15, -0.1) is 0 Å². The minimum Gasteiger partial charge on any atom is -0.466 e. The minimum atomic E-state index is -4.53. The van der Waals surface area contributed by atoms with Crippen molar-refractivity contribution in [3.63, 3.8) is 0 Å². The molecule has 0 N–H and O–H groups in total. The summed E-state index contributed by atoms with van der Waals surface area (Å²) in [7, 11) is 0. The van der Waals surface area contributed by atoms with E-state index in [1.54, 1.807) is 36.0 Å². The standard InChI is InChI=1S/C18H19F3N2O3/c1-4-15(18(19,20)21)12(3)26-14-6-7-16-13(10-14)11-22-23(16)9-8-17(24)25-5-2/h4,6-7,10-11H,1,5,8-9H2,2-3H3/b15-12+. The van der Waals surface area contributed by atoms with Gasteiger partial charge in [0, 0.05) is 5.39 Å². The first-order valence-corrected chi connectivity index (χ1v) is 7.95. The van der Waals surface area contributed by atoms with Crippen LogP contribution in [0, 0.1) is 0 Å². The number of alkyl halides is 3. The third-order valence-electron chi connectivity index (χ3n) is 3.61. The number of rotatable bonds is 7. The average Bonchev–Trinajstić information content (AvgIpc) is 2.94. The molecular formula is C18H19F3N2O3. The van der Waals surface area contributed by atoms with E-state index in [-0.39, 0.29) is 23.9 Å². The Morgan fingerprint density at radius 2 is 2.12 bits per heavy atom. The molecule has 2 rings (SSSR count). The van der Waals surface area contributed by atoms with E-state index in [9.17, 15) is 18.0 Å². The zero-order valence-electron chi connectivity index (χ0n) is 14.5. The first kappa shape index (κ1) is 19.6. The quantitative estimate of drug-likeness (QED) is 0.413. The highest BCUT2D eigenvalue weighted by atomic mass is 19.4. The third kappa shape index (κ3) is 4.65. The number of aromatic nitrogens is 2. The van der Waals surface area contributed by atoms with Gasteiger partial charge in [0.05, 0.1) is 36.9 Å². The molecule has 0 unspecified atom stereocenters. The molecule has 1 aromatic carbocycles. The number of carbonyl (C=O) groups excluding carboxylic acids is 1. The second-order valence-corrected chi connectivity index (χ2v) is 5.42. The number of nitrogens with zero attached hydrogens (tertiary/aromatic N) is 2. The summed E-state index contributed by atoms with van der Waals surface area (Å²) in [5.74, 6) is -0.355. The Morgan fingerprint density at radius 3 is 2.73 bits per heavy atom. The van der Waals surface area contributed by atoms with Crippen LogP contribution < -0.4 is 4.74 Å². The number of halogens is 3. The lowest BCUT2D eigenvalue weighted by atomic mass is 10.2. The molecule has 0 fully saturated rings. The van der Waals surface area contributed by atoms with Crippen LogP contribution in [0.25, 0.3) is 10.9 Å². The maximum atomic E-state index is 12.9. The van der Waals surface area contributed by atoms with E-state index in [1.807, 2.05) is 0 Å². The van der Waals surface area contributed by atoms with Crippen molar-refractivity contribution in [2.75, 3.05) is 6.61 Å². The van der Waals surface area contributed by atoms with E-state index >= 15 is 0 Å². The fraction of sp³-hybridized carbons (Fsp3) is 0.333. The Labute approximate surface area is 148 Å². The van der Waals surface area contributed by atoms with Gasteiger partial charge in [-0.1, -0.05) is 12.7 Å². The van der Waals surface area contributed by atoms with Gasteiger partial charge in [-0.25, -0.2) is 0 Å². The summed E-state index contributed by atoms with van der Waals surface area (Å²) in [4.78, 5) is 11.4. The lowest BCUT2D eigenvalue weighted by Crippen LogP contribution is -2.13. The fourth-order valence-electron chi connectivity index (χ4n) is 2.43. The molecular weight excluding hydrogens is 349 g/mol. The molecule has 0 aliphatic carbocycles. The van der Waals surface area contributed by atoms with Crippen LogP contribution in [0.15, 0.2) is 48.4 Å². The van der Waals surface area contributed by atoms with Gasteiger partial charge in [-0.2, -0.15) is 18.3 Å². The predicted octanol–water partition coefficient (Wildman–Crippen LogP) is 4.39. The van der Waals surface area contributed by atoms with E-state index in [0.29, 0.717) is 18.5 Å². The van der Waals surface area contributed by atoms with Crippen LogP contribution in [0.4, 0.5) is 13.2 Å². The van der Waals surface area contributed by atoms with Crippen molar-refractivity contribution in [3.05, 3.63) is 48.4 Å². The number of ether oxygens (including phenoxy) is 2. The lowest BCUT2D eigenvalue weighted by molar-refractivity contribution is -0.143. The lowest BCUT2D eigenvalue weighted by Gasteiger charge is -2.13. The van der Waals surface area contributed by atoms with Crippen LogP contribution >= 0.6 is 0 Å². The number of hydrogen-bond donors (Lipinski definition) is 0. The Balaban J connectivity index is 2.19. The number of aryl methyl sites for hydroxylation is 1. The summed E-state index contributed by atoms with van der Waals surface area (Å²) in [6, 6.07) is 4.81. The van der Waals surface area contributed by atoms with Crippen LogP contribution in [-0.4, -0.2) is 28.5 Å². The van der Waals surface area contributed by atoms with Crippen molar-refractivity contribution in [2.24, 2.45) is 0 Å². The smallest absolute Gasteiger partial charge is 0.419 e. The molecule has 1 aromatic heterocycles. The number of carbonyl (C=O) groups is 1. The summed E-state index contributed by atoms with van der Waals surface area (Å²) in [6.45, 7) is 6.81. The molecule has 1 heterocycles. The molecule has 5 nitrogen and oxygen atoms in total. The second-order valence-electron chi connectivity index (χ2n) is 5.42. The first-order valence-electron chi connectivity index (χ1n) is 7.95. The number of benzene rings is 1. The summed E-state index contributed by atoms with van der Waals surface area (Å²) in [5, 5.41) is 4.87. The molecule has 0 saturated heterocycles. The van der Waals surface area contributed by atoms with E-state index < -0.39 is 11.7 Å². The van der Waals surface area contributed by atoms with Gasteiger partial charge in [-0.05, 0) is 32.0 Å². The molecule has 0 aliphatic heterocycles. The van der Waals surface area contributed by atoms with E-state index in [0.717, 1.165) is 11.6 Å². The van der Waals surface area contributed by atoms with Crippen molar-refractivity contribution in [1.29, 1.82) is 0 Å². The highest BCUT2D eigenvalue weighted by Gasteiger charge is 2.34. The molecule has 2 aromatic rings. The van der Waals surface area contributed by atoms with Gasteiger partial charge in [0.2, 0.25) is 0 Å². The fourth-order valence-corrected chi connectivity index (χ4v) is 2.43. The first-order chi connectivity index (χ1) is 12.3. The van der Waals surface area contributed by atoms with E-state index in [4.69, 9.17) is 9.47 Å². The Kier molecular flexibility index (Phi) is 6.07. The molecule has 0 radical (unpaired) electrons. The van der Waals surface area contributed by atoms with Crippen molar-refractivity contribution in [1.82, 2.24) is 9.78 Å². The molecule has 0 aliphatic rings. The van der Waals surface area contributed by atoms with E-state index in [1.165, 1.54) is 6.92 Å². The number of fused-ring (bicyclic) bond motifs is 1. The maximum absolute atomic E-state index is 12.9. The maximum Gasteiger partial charge on any atom is 0.419 e. The van der Waals surface area contributed by atoms with Crippen LogP contribution in [0.5, 0.6) is 5.75 Å². The van der Waals surface area contributed by atoms with Crippen molar-refractivity contribution in [2.45, 2.75) is 33.0 Å². The molecule has 8 heteroatoms. The topological polar surface area (TPSA) is 53.4 Å². The molecule has 0 saturated carbocycles. The SMILES string of the molecule is C=C/C(=C(/C)Oc1ccc2c(cnn2CCC(=O)OCC)c1)C(F)(F)F. The Morgan fingerprint density at radius 1 is 1.38 bits per heavy atom. The molecule has 0 bridgehead atoms. The van der Waals surface area contributed by atoms with Crippen LogP contribution in [-0.2, 0) is 16.1 Å². The Hall–Kier alpha value is -2.77. The van der Waals surface area contributed by atoms with E-state index in [2.05, 4.69) is 11.7 Å². The molecule has 140 valence electrons. The van der Waals surface area contributed by atoms with Crippen molar-refractivity contribution < 1.29 is 27.4 Å². The zero-order chi connectivity index (χ0) is 19.3. The van der Waals surface area contributed by atoms with Crippen molar-refractivity contribution >= 4 is 16.9 Å². The van der Waals surface area contributed by atoms with Gasteiger partial charge in [0.25, 0.3) is 0 Å². The van der Waals surface area contributed by atoms with Gasteiger partial charge in [0.15, 0.2) is 0 Å². The number of allylic oxidation sites excluding steroid dienone is 3. The average molecular weight is 368 g/mol. The Bertz CT molecular complexity index is 838. The third-order valence-corrected chi connectivity index (χ3v) is 3.61. The van der Waals surface area contributed by atoms with Crippen LogP contribution in [0.3, 0.4) is 0 Å². The van der Waals surface area contributed by atoms with Gasteiger partial charge < -0.3 is 9.47 Å². The molecule has 0 amide bonds. The van der Waals surface area contributed by atoms with Crippen LogP contribution in [0.1, 0.15) is 20.3 Å². The van der Waals surface area contributed by atoms with Gasteiger partial charge in [0.1, 0.15) is 11.5 Å². The number of esters is 1. The predicted molar refractivity (Wildman–Crippen MR) is 90.6 cm³/mol.